The third-order valence-electron chi connectivity index (χ3n) is 4.95. The molecule has 0 bridgehead atoms. The molecule has 0 saturated carbocycles. The van der Waals surface area contributed by atoms with Gasteiger partial charge in [-0.05, 0) is 41.5 Å². The third kappa shape index (κ3) is 4.81. The standard InChI is InChI=1S/C21H19ClN2OS.C3H8.C2H6/c1-4-12-5-7-13(8-6-12)15-16-14-9-10-26-20(14)21(25)24-18(16)11(2)17(22)19(15)23-3;1-3-2;1-2/h5-10,23H,4H2,1-3H3,(H,24,25);3H2,1-2H3;1-2H3. The van der Waals surface area contributed by atoms with E-state index in [4.69, 9.17) is 11.6 Å². The number of aromatic amines is 1. The Morgan fingerprint density at radius 2 is 1.68 bits per heavy atom. The van der Waals surface area contributed by atoms with E-state index in [-0.39, 0.29) is 5.56 Å². The van der Waals surface area contributed by atoms with Gasteiger partial charge in [-0.15, -0.1) is 11.3 Å². The summed E-state index contributed by atoms with van der Waals surface area (Å²) in [5.74, 6) is 0. The van der Waals surface area contributed by atoms with Crippen LogP contribution in [0.3, 0.4) is 0 Å². The fraction of sp³-hybridized carbons (Fsp3) is 0.346. The van der Waals surface area contributed by atoms with E-state index in [1.54, 1.807) is 0 Å². The summed E-state index contributed by atoms with van der Waals surface area (Å²) in [7, 11) is 1.88. The van der Waals surface area contributed by atoms with Gasteiger partial charge in [0.05, 0.1) is 16.2 Å². The molecule has 4 rings (SSSR count). The largest absolute Gasteiger partial charge is 0.386 e. The molecule has 0 fully saturated rings. The van der Waals surface area contributed by atoms with Crippen LogP contribution in [-0.4, -0.2) is 12.0 Å². The molecule has 4 aromatic rings. The molecule has 0 aliphatic carbocycles. The molecule has 2 heterocycles. The van der Waals surface area contributed by atoms with E-state index in [0.717, 1.165) is 49.8 Å². The molecule has 2 N–H and O–H groups in total. The molecular formula is C26H33ClN2OS. The maximum atomic E-state index is 12.5. The zero-order valence-corrected chi connectivity index (χ0v) is 21.1. The number of aryl methyl sites for hydroxylation is 2. The first kappa shape index (κ1) is 25.0. The van der Waals surface area contributed by atoms with Crippen LogP contribution in [0.25, 0.3) is 32.1 Å². The number of thiophene rings is 1. The molecule has 2 aromatic carbocycles. The third-order valence-corrected chi connectivity index (χ3v) is 6.34. The number of aromatic nitrogens is 1. The molecule has 3 nitrogen and oxygen atoms in total. The number of H-pyrrole nitrogens is 1. The number of halogens is 1. The first-order valence-corrected chi connectivity index (χ1v) is 12.3. The maximum Gasteiger partial charge on any atom is 0.266 e. The van der Waals surface area contributed by atoms with Crippen LogP contribution in [0.15, 0.2) is 40.5 Å². The van der Waals surface area contributed by atoms with Gasteiger partial charge in [-0.1, -0.05) is 76.9 Å². The fourth-order valence-electron chi connectivity index (χ4n) is 3.55. The Kier molecular flexibility index (Phi) is 9.15. The number of fused-ring (bicyclic) bond motifs is 3. The summed E-state index contributed by atoms with van der Waals surface area (Å²) in [6, 6.07) is 10.6. The van der Waals surface area contributed by atoms with Crippen molar-refractivity contribution in [2.45, 2.75) is 54.4 Å². The Labute approximate surface area is 194 Å². The first-order chi connectivity index (χ1) is 15.0. The number of nitrogens with one attached hydrogen (secondary N) is 2. The van der Waals surface area contributed by atoms with Gasteiger partial charge < -0.3 is 10.3 Å². The molecule has 5 heteroatoms. The van der Waals surface area contributed by atoms with Gasteiger partial charge in [-0.2, -0.15) is 0 Å². The fourth-order valence-corrected chi connectivity index (χ4v) is 4.63. The summed E-state index contributed by atoms with van der Waals surface area (Å²) < 4.78 is 0.743. The molecule has 0 saturated heterocycles. The van der Waals surface area contributed by atoms with Crippen LogP contribution in [0, 0.1) is 6.92 Å². The summed E-state index contributed by atoms with van der Waals surface area (Å²) in [4.78, 5) is 15.6. The molecule has 0 amide bonds. The lowest BCUT2D eigenvalue weighted by molar-refractivity contribution is 1.09. The van der Waals surface area contributed by atoms with Crippen molar-refractivity contribution in [1.82, 2.24) is 4.98 Å². The van der Waals surface area contributed by atoms with Gasteiger partial charge in [0.15, 0.2) is 0 Å². The van der Waals surface area contributed by atoms with Crippen LogP contribution >= 0.6 is 22.9 Å². The molecule has 0 unspecified atom stereocenters. The van der Waals surface area contributed by atoms with Crippen LogP contribution in [-0.2, 0) is 6.42 Å². The average Bonchev–Trinajstić information content (AvgIpc) is 3.29. The lowest BCUT2D eigenvalue weighted by Gasteiger charge is -2.18. The Morgan fingerprint density at radius 3 is 2.23 bits per heavy atom. The van der Waals surface area contributed by atoms with E-state index in [2.05, 4.69) is 55.3 Å². The van der Waals surface area contributed by atoms with Crippen molar-refractivity contribution in [2.24, 2.45) is 0 Å². The van der Waals surface area contributed by atoms with Crippen LogP contribution in [0.2, 0.25) is 5.02 Å². The van der Waals surface area contributed by atoms with E-state index in [1.807, 2.05) is 39.3 Å². The van der Waals surface area contributed by atoms with Crippen molar-refractivity contribution in [1.29, 1.82) is 0 Å². The smallest absolute Gasteiger partial charge is 0.266 e. The van der Waals surface area contributed by atoms with E-state index >= 15 is 0 Å². The Balaban J connectivity index is 0.000000630. The van der Waals surface area contributed by atoms with Gasteiger partial charge in [-0.25, -0.2) is 0 Å². The van der Waals surface area contributed by atoms with Crippen molar-refractivity contribution < 1.29 is 0 Å². The number of pyridine rings is 1. The van der Waals surface area contributed by atoms with Crippen LogP contribution < -0.4 is 10.9 Å². The highest BCUT2D eigenvalue weighted by Crippen LogP contribution is 2.44. The highest BCUT2D eigenvalue weighted by Gasteiger charge is 2.20. The Bertz CT molecular complexity index is 1210. The van der Waals surface area contributed by atoms with Crippen molar-refractivity contribution in [3.63, 3.8) is 0 Å². The molecule has 0 atom stereocenters. The minimum Gasteiger partial charge on any atom is -0.386 e. The monoisotopic (exact) mass is 456 g/mol. The molecular weight excluding hydrogens is 424 g/mol. The van der Waals surface area contributed by atoms with E-state index in [0.29, 0.717) is 5.02 Å². The Hall–Kier alpha value is -2.30. The van der Waals surface area contributed by atoms with Crippen LogP contribution in [0.4, 0.5) is 5.69 Å². The predicted octanol–water partition coefficient (Wildman–Crippen LogP) is 8.42. The molecule has 0 radical (unpaired) electrons. The number of hydrogen-bond acceptors (Lipinski definition) is 3. The van der Waals surface area contributed by atoms with E-state index < -0.39 is 0 Å². The SMILES string of the molecule is CC.CCC.CCc1ccc(-c2c(NC)c(Cl)c(C)c3[nH]c(=O)c4sccc4c23)cc1. The second kappa shape index (κ2) is 11.4. The molecule has 31 heavy (non-hydrogen) atoms. The molecule has 2 aromatic heterocycles. The molecule has 0 aliphatic rings. The van der Waals surface area contributed by atoms with Gasteiger partial charge >= 0.3 is 0 Å². The minimum absolute atomic E-state index is 0.0637. The molecule has 0 spiro atoms. The summed E-state index contributed by atoms with van der Waals surface area (Å²) in [6.45, 7) is 12.3. The predicted molar refractivity (Wildman–Crippen MR) is 141 cm³/mol. The number of benzene rings is 2. The average molecular weight is 457 g/mol. The number of hydrogen-bond donors (Lipinski definition) is 2. The number of anilines is 1. The van der Waals surface area contributed by atoms with Gasteiger partial charge in [-0.3, -0.25) is 4.79 Å². The van der Waals surface area contributed by atoms with Crippen LogP contribution in [0.1, 0.15) is 52.2 Å². The van der Waals surface area contributed by atoms with Gasteiger partial charge in [0.25, 0.3) is 5.56 Å². The van der Waals surface area contributed by atoms with Crippen molar-refractivity contribution in [3.8, 4) is 11.1 Å². The second-order valence-corrected chi connectivity index (χ2v) is 8.36. The molecule has 0 aliphatic heterocycles. The summed E-state index contributed by atoms with van der Waals surface area (Å²) in [5, 5.41) is 7.89. The summed E-state index contributed by atoms with van der Waals surface area (Å²) in [5.41, 5.74) is 5.91. The van der Waals surface area contributed by atoms with Crippen LogP contribution in [0.5, 0.6) is 0 Å². The normalized spacial score (nSPS) is 10.3. The maximum absolute atomic E-state index is 12.5. The summed E-state index contributed by atoms with van der Waals surface area (Å²) in [6.07, 6.45) is 2.25. The number of rotatable bonds is 3. The zero-order valence-electron chi connectivity index (χ0n) is 19.6. The van der Waals surface area contributed by atoms with Gasteiger partial charge in [0.1, 0.15) is 4.70 Å². The lowest BCUT2D eigenvalue weighted by Crippen LogP contribution is -2.07. The Morgan fingerprint density at radius 1 is 1.06 bits per heavy atom. The van der Waals surface area contributed by atoms with Gasteiger partial charge in [0, 0.05) is 23.4 Å². The van der Waals surface area contributed by atoms with Crippen molar-refractivity contribution >= 4 is 49.6 Å². The van der Waals surface area contributed by atoms with E-state index in [1.165, 1.54) is 23.3 Å². The highest BCUT2D eigenvalue weighted by molar-refractivity contribution is 7.17. The summed E-state index contributed by atoms with van der Waals surface area (Å²) >= 11 is 8.15. The highest BCUT2D eigenvalue weighted by atomic mass is 35.5. The second-order valence-electron chi connectivity index (χ2n) is 7.06. The van der Waals surface area contributed by atoms with Crippen molar-refractivity contribution in [2.75, 3.05) is 12.4 Å². The quantitative estimate of drug-likeness (QED) is 0.325. The lowest BCUT2D eigenvalue weighted by atomic mass is 9.93. The zero-order chi connectivity index (χ0) is 23.1. The van der Waals surface area contributed by atoms with Crippen molar-refractivity contribution in [3.05, 3.63) is 62.2 Å². The molecule has 166 valence electrons. The minimum atomic E-state index is -0.0637. The van der Waals surface area contributed by atoms with E-state index in [9.17, 15) is 4.79 Å². The first-order valence-electron chi connectivity index (χ1n) is 11.0. The van der Waals surface area contributed by atoms with Gasteiger partial charge in [0.2, 0.25) is 0 Å². The topological polar surface area (TPSA) is 44.9 Å².